The first kappa shape index (κ1) is 15.0. The third-order valence-corrected chi connectivity index (χ3v) is 4.54. The molecule has 3 nitrogen and oxygen atoms in total. The molecule has 0 aliphatic heterocycles. The fourth-order valence-electron chi connectivity index (χ4n) is 2.93. The van der Waals surface area contributed by atoms with Gasteiger partial charge in [-0.15, -0.1) is 0 Å². The molecule has 3 heteroatoms. The molecule has 0 spiro atoms. The van der Waals surface area contributed by atoms with E-state index in [1.807, 2.05) is 36.2 Å². The fraction of sp³-hybridized carbons (Fsp3) is 0.588. The van der Waals surface area contributed by atoms with Gasteiger partial charge < -0.3 is 10.6 Å². The third-order valence-electron chi connectivity index (χ3n) is 4.54. The van der Waals surface area contributed by atoms with Crippen LogP contribution in [0, 0.1) is 5.92 Å². The predicted molar refractivity (Wildman–Crippen MR) is 82.2 cm³/mol. The van der Waals surface area contributed by atoms with Crippen molar-refractivity contribution in [2.75, 3.05) is 7.05 Å². The second kappa shape index (κ2) is 6.89. The number of hydrogen-bond donors (Lipinski definition) is 1. The van der Waals surface area contributed by atoms with E-state index >= 15 is 0 Å². The highest BCUT2D eigenvalue weighted by atomic mass is 16.2. The highest BCUT2D eigenvalue weighted by molar-refractivity contribution is 5.78. The molecule has 110 valence electrons. The molecule has 1 aliphatic rings. The first-order valence-electron chi connectivity index (χ1n) is 7.63. The van der Waals surface area contributed by atoms with Crippen molar-refractivity contribution in [2.45, 2.75) is 51.6 Å². The molecule has 1 aromatic rings. The molecular weight excluding hydrogens is 248 g/mol. The number of nitrogens with two attached hydrogens (primary N) is 1. The third kappa shape index (κ3) is 3.83. The van der Waals surface area contributed by atoms with Crippen LogP contribution in [0.25, 0.3) is 0 Å². The summed E-state index contributed by atoms with van der Waals surface area (Å²) in [6.45, 7) is 2.85. The van der Waals surface area contributed by atoms with Crippen LogP contribution in [0.3, 0.4) is 0 Å². The Labute approximate surface area is 122 Å². The summed E-state index contributed by atoms with van der Waals surface area (Å²) in [5, 5.41) is 0. The van der Waals surface area contributed by atoms with Gasteiger partial charge in [-0.05, 0) is 42.7 Å². The van der Waals surface area contributed by atoms with E-state index in [-0.39, 0.29) is 5.91 Å². The second-order valence-corrected chi connectivity index (χ2v) is 6.12. The Kier molecular flexibility index (Phi) is 5.18. The summed E-state index contributed by atoms with van der Waals surface area (Å²) in [6, 6.07) is 8.46. The first-order chi connectivity index (χ1) is 9.60. The average molecular weight is 274 g/mol. The molecular formula is C17H26N2O. The van der Waals surface area contributed by atoms with Crippen LogP contribution in [0.15, 0.2) is 24.3 Å². The van der Waals surface area contributed by atoms with Gasteiger partial charge in [-0.3, -0.25) is 4.79 Å². The summed E-state index contributed by atoms with van der Waals surface area (Å²) in [7, 11) is 1.96. The number of likely N-dealkylation sites (N-methyl/N-ethyl adjacent to an activating group) is 1. The molecule has 0 unspecified atom stereocenters. The van der Waals surface area contributed by atoms with Crippen LogP contribution in [-0.2, 0) is 17.8 Å². The predicted octanol–water partition coefficient (Wildman–Crippen LogP) is 2.72. The number of rotatable bonds is 4. The Morgan fingerprint density at radius 3 is 2.25 bits per heavy atom. The van der Waals surface area contributed by atoms with Crippen molar-refractivity contribution >= 4 is 5.91 Å². The lowest BCUT2D eigenvalue weighted by molar-refractivity contribution is -0.132. The fourth-order valence-corrected chi connectivity index (χ4v) is 2.93. The maximum absolute atomic E-state index is 12.3. The average Bonchev–Trinajstić information content (AvgIpc) is 2.48. The van der Waals surface area contributed by atoms with Crippen LogP contribution in [0.5, 0.6) is 0 Å². The molecule has 1 fully saturated rings. The van der Waals surface area contributed by atoms with E-state index in [1.165, 1.54) is 12.8 Å². The van der Waals surface area contributed by atoms with Crippen molar-refractivity contribution in [3.63, 3.8) is 0 Å². The summed E-state index contributed by atoms with van der Waals surface area (Å²) < 4.78 is 0. The monoisotopic (exact) mass is 274 g/mol. The molecule has 2 N–H and O–H groups in total. The number of amides is 1. The molecule has 20 heavy (non-hydrogen) atoms. The van der Waals surface area contributed by atoms with Gasteiger partial charge in [0.25, 0.3) is 0 Å². The minimum atomic E-state index is 0.227. The molecule has 0 radical (unpaired) electrons. The lowest BCUT2D eigenvalue weighted by Crippen LogP contribution is -2.40. The van der Waals surface area contributed by atoms with Gasteiger partial charge in [0.1, 0.15) is 0 Å². The SMILES string of the molecule is CC1CCC(N(C)C(=O)Cc2ccc(CN)cc2)CC1. The number of benzene rings is 1. The normalized spacial score (nSPS) is 22.6. The van der Waals surface area contributed by atoms with Crippen molar-refractivity contribution in [1.82, 2.24) is 4.90 Å². The van der Waals surface area contributed by atoms with Crippen LogP contribution in [-0.4, -0.2) is 23.9 Å². The Morgan fingerprint density at radius 1 is 1.15 bits per heavy atom. The maximum atomic E-state index is 12.3. The zero-order valence-electron chi connectivity index (χ0n) is 12.6. The van der Waals surface area contributed by atoms with E-state index in [4.69, 9.17) is 5.73 Å². The number of nitrogens with zero attached hydrogens (tertiary/aromatic N) is 1. The highest BCUT2D eigenvalue weighted by Gasteiger charge is 2.24. The van der Waals surface area contributed by atoms with Crippen molar-refractivity contribution in [3.8, 4) is 0 Å². The molecule has 1 amide bonds. The van der Waals surface area contributed by atoms with Gasteiger partial charge in [-0.2, -0.15) is 0 Å². The standard InChI is InChI=1S/C17H26N2O/c1-13-3-9-16(10-4-13)19(2)17(20)11-14-5-7-15(12-18)8-6-14/h5-8,13,16H,3-4,9-12,18H2,1-2H3. The van der Waals surface area contributed by atoms with Crippen LogP contribution in [0.4, 0.5) is 0 Å². The van der Waals surface area contributed by atoms with Gasteiger partial charge >= 0.3 is 0 Å². The topological polar surface area (TPSA) is 46.3 Å². The summed E-state index contributed by atoms with van der Waals surface area (Å²) >= 11 is 0. The molecule has 1 saturated carbocycles. The molecule has 1 aliphatic carbocycles. The molecule has 1 aromatic carbocycles. The highest BCUT2D eigenvalue weighted by Crippen LogP contribution is 2.26. The van der Waals surface area contributed by atoms with Crippen LogP contribution >= 0.6 is 0 Å². The lowest BCUT2D eigenvalue weighted by atomic mass is 9.86. The second-order valence-electron chi connectivity index (χ2n) is 6.12. The number of hydrogen-bond acceptors (Lipinski definition) is 2. The maximum Gasteiger partial charge on any atom is 0.226 e. The van der Waals surface area contributed by atoms with Gasteiger partial charge in [0, 0.05) is 19.6 Å². The summed E-state index contributed by atoms with van der Waals surface area (Å²) in [6.07, 6.45) is 5.28. The van der Waals surface area contributed by atoms with Gasteiger partial charge in [0.05, 0.1) is 6.42 Å². The van der Waals surface area contributed by atoms with E-state index in [0.717, 1.165) is 29.9 Å². The molecule has 2 rings (SSSR count). The van der Waals surface area contributed by atoms with Crippen LogP contribution < -0.4 is 5.73 Å². The molecule has 0 heterocycles. The minimum Gasteiger partial charge on any atom is -0.342 e. The molecule has 0 bridgehead atoms. The van der Waals surface area contributed by atoms with E-state index < -0.39 is 0 Å². The zero-order chi connectivity index (χ0) is 14.5. The smallest absolute Gasteiger partial charge is 0.226 e. The van der Waals surface area contributed by atoms with E-state index in [1.54, 1.807) is 0 Å². The number of carbonyl (C=O) groups excluding carboxylic acids is 1. The van der Waals surface area contributed by atoms with Crippen molar-refractivity contribution in [1.29, 1.82) is 0 Å². The van der Waals surface area contributed by atoms with E-state index in [9.17, 15) is 4.79 Å². The quantitative estimate of drug-likeness (QED) is 0.917. The van der Waals surface area contributed by atoms with Gasteiger partial charge in [-0.25, -0.2) is 0 Å². The Hall–Kier alpha value is -1.35. The van der Waals surface area contributed by atoms with Gasteiger partial charge in [-0.1, -0.05) is 31.2 Å². The van der Waals surface area contributed by atoms with Crippen LogP contribution in [0.1, 0.15) is 43.7 Å². The Balaban J connectivity index is 1.89. The van der Waals surface area contributed by atoms with Gasteiger partial charge in [0.2, 0.25) is 5.91 Å². The van der Waals surface area contributed by atoms with E-state index in [2.05, 4.69) is 6.92 Å². The Morgan fingerprint density at radius 2 is 1.70 bits per heavy atom. The summed E-state index contributed by atoms with van der Waals surface area (Å²) in [4.78, 5) is 14.3. The summed E-state index contributed by atoms with van der Waals surface area (Å²) in [5.74, 6) is 1.05. The number of carbonyl (C=O) groups is 1. The van der Waals surface area contributed by atoms with Crippen molar-refractivity contribution in [3.05, 3.63) is 35.4 Å². The van der Waals surface area contributed by atoms with Crippen molar-refractivity contribution < 1.29 is 4.79 Å². The summed E-state index contributed by atoms with van der Waals surface area (Å²) in [5.41, 5.74) is 7.76. The minimum absolute atomic E-state index is 0.227. The lowest BCUT2D eigenvalue weighted by Gasteiger charge is -2.33. The van der Waals surface area contributed by atoms with Gasteiger partial charge in [0.15, 0.2) is 0 Å². The van der Waals surface area contributed by atoms with Crippen molar-refractivity contribution in [2.24, 2.45) is 11.7 Å². The molecule has 0 atom stereocenters. The molecule has 0 saturated heterocycles. The Bertz CT molecular complexity index is 433. The largest absolute Gasteiger partial charge is 0.342 e. The zero-order valence-corrected chi connectivity index (χ0v) is 12.6. The molecule has 0 aromatic heterocycles. The van der Waals surface area contributed by atoms with Crippen LogP contribution in [0.2, 0.25) is 0 Å². The van der Waals surface area contributed by atoms with E-state index in [0.29, 0.717) is 19.0 Å². The first-order valence-corrected chi connectivity index (χ1v) is 7.63.